The Morgan fingerprint density at radius 2 is 1.84 bits per heavy atom. The van der Waals surface area contributed by atoms with Crippen LogP contribution in [-0.4, -0.2) is 36.0 Å². The van der Waals surface area contributed by atoms with Gasteiger partial charge in [0, 0.05) is 34.8 Å². The van der Waals surface area contributed by atoms with Gasteiger partial charge in [-0.25, -0.2) is 9.37 Å². The van der Waals surface area contributed by atoms with E-state index in [0.717, 1.165) is 39.5 Å². The third-order valence-electron chi connectivity index (χ3n) is 6.72. The Morgan fingerprint density at radius 1 is 0.974 bits per heavy atom. The molecule has 4 heterocycles. The Bertz CT molecular complexity index is 1810. The van der Waals surface area contributed by atoms with Crippen molar-refractivity contribution in [3.8, 4) is 33.8 Å². The van der Waals surface area contributed by atoms with Crippen LogP contribution in [0.2, 0.25) is 0 Å². The van der Waals surface area contributed by atoms with Gasteiger partial charge >= 0.3 is 0 Å². The summed E-state index contributed by atoms with van der Waals surface area (Å²) in [6.45, 7) is 3.88. The molecule has 8 nitrogen and oxygen atoms in total. The van der Waals surface area contributed by atoms with Crippen molar-refractivity contribution in [1.82, 2.24) is 30.1 Å². The largest absolute Gasteiger partial charge is 0.335 e. The summed E-state index contributed by atoms with van der Waals surface area (Å²) in [7, 11) is 0. The number of hydrogen-bond donors (Lipinski definition) is 3. The molecule has 0 spiro atoms. The van der Waals surface area contributed by atoms with E-state index in [2.05, 4.69) is 30.5 Å². The molecule has 1 amide bonds. The summed E-state index contributed by atoms with van der Waals surface area (Å²) in [6.07, 6.45) is 7.55. The maximum Gasteiger partial charge on any atom is 0.227 e. The molecule has 0 fully saturated rings. The minimum absolute atomic E-state index is 0.0315. The van der Waals surface area contributed by atoms with Crippen molar-refractivity contribution < 1.29 is 9.18 Å². The van der Waals surface area contributed by atoms with E-state index in [4.69, 9.17) is 4.98 Å². The molecule has 38 heavy (non-hydrogen) atoms. The van der Waals surface area contributed by atoms with Crippen LogP contribution in [0.3, 0.4) is 0 Å². The number of nitrogens with one attached hydrogen (secondary N) is 3. The van der Waals surface area contributed by atoms with Crippen LogP contribution in [-0.2, 0) is 4.79 Å². The average molecular weight is 506 g/mol. The molecule has 2 aromatic carbocycles. The topological polar surface area (TPSA) is 112 Å². The van der Waals surface area contributed by atoms with Crippen LogP contribution >= 0.6 is 0 Å². The van der Waals surface area contributed by atoms with Crippen molar-refractivity contribution in [2.75, 3.05) is 5.32 Å². The average Bonchev–Trinajstić information content (AvgIpc) is 3.56. The summed E-state index contributed by atoms with van der Waals surface area (Å²) in [4.78, 5) is 29.1. The van der Waals surface area contributed by atoms with Crippen LogP contribution in [0.25, 0.3) is 55.7 Å². The highest BCUT2D eigenvalue weighted by atomic mass is 19.1. The summed E-state index contributed by atoms with van der Waals surface area (Å²) in [5.74, 6) is 0.140. The van der Waals surface area contributed by atoms with E-state index < -0.39 is 0 Å². The van der Waals surface area contributed by atoms with Gasteiger partial charge in [-0.1, -0.05) is 32.0 Å². The SMILES string of the molecule is CCC(C)C(=O)Nc1cncc(-c2ccc3[nH]nc(-c4nc5c(-c6cccc(F)c6)cncc5[nH]4)c3c2)c1. The van der Waals surface area contributed by atoms with Gasteiger partial charge in [-0.15, -0.1) is 0 Å². The number of halogens is 1. The van der Waals surface area contributed by atoms with E-state index in [1.807, 2.05) is 44.2 Å². The molecule has 0 aliphatic rings. The van der Waals surface area contributed by atoms with Crippen LogP contribution in [0.1, 0.15) is 20.3 Å². The number of benzene rings is 2. The fourth-order valence-electron chi connectivity index (χ4n) is 4.40. The molecule has 1 atom stereocenters. The summed E-state index contributed by atoms with van der Waals surface area (Å²) in [6, 6.07) is 14.2. The Morgan fingerprint density at radius 3 is 2.68 bits per heavy atom. The van der Waals surface area contributed by atoms with Crippen LogP contribution in [0.5, 0.6) is 0 Å². The minimum Gasteiger partial charge on any atom is -0.335 e. The number of fused-ring (bicyclic) bond motifs is 2. The fourth-order valence-corrected chi connectivity index (χ4v) is 4.40. The first-order valence-corrected chi connectivity index (χ1v) is 12.3. The number of pyridine rings is 2. The van der Waals surface area contributed by atoms with Gasteiger partial charge in [0.15, 0.2) is 5.82 Å². The lowest BCUT2D eigenvalue weighted by Gasteiger charge is -2.11. The number of H-pyrrole nitrogens is 2. The predicted octanol–water partition coefficient (Wildman–Crippen LogP) is 6.35. The Hall–Kier alpha value is -4.92. The van der Waals surface area contributed by atoms with Crippen LogP contribution in [0, 0.1) is 11.7 Å². The van der Waals surface area contributed by atoms with Gasteiger partial charge in [-0.2, -0.15) is 5.10 Å². The lowest BCUT2D eigenvalue weighted by atomic mass is 10.0. The monoisotopic (exact) mass is 505 g/mol. The first kappa shape index (κ1) is 23.5. The molecule has 3 N–H and O–H groups in total. The smallest absolute Gasteiger partial charge is 0.227 e. The summed E-state index contributed by atoms with van der Waals surface area (Å²) < 4.78 is 13.9. The van der Waals surface area contributed by atoms with Crippen molar-refractivity contribution in [2.45, 2.75) is 20.3 Å². The predicted molar refractivity (Wildman–Crippen MR) is 146 cm³/mol. The number of imidazole rings is 1. The second-order valence-electron chi connectivity index (χ2n) is 9.27. The maximum absolute atomic E-state index is 13.9. The Kier molecular flexibility index (Phi) is 5.88. The molecule has 1 unspecified atom stereocenters. The Balaban J connectivity index is 1.39. The molecule has 0 bridgehead atoms. The Labute approximate surface area is 217 Å². The van der Waals surface area contributed by atoms with E-state index in [9.17, 15) is 9.18 Å². The summed E-state index contributed by atoms with van der Waals surface area (Å²) >= 11 is 0. The quantitative estimate of drug-likeness (QED) is 0.244. The van der Waals surface area contributed by atoms with Crippen molar-refractivity contribution in [3.63, 3.8) is 0 Å². The van der Waals surface area contributed by atoms with E-state index in [1.165, 1.54) is 12.1 Å². The van der Waals surface area contributed by atoms with Crippen molar-refractivity contribution in [2.24, 2.45) is 5.92 Å². The lowest BCUT2D eigenvalue weighted by molar-refractivity contribution is -0.119. The number of carbonyl (C=O) groups is 1. The number of carbonyl (C=O) groups excluding carboxylic acids is 1. The number of nitrogens with zero attached hydrogens (tertiary/aromatic N) is 4. The van der Waals surface area contributed by atoms with Gasteiger partial charge in [0.2, 0.25) is 5.91 Å². The van der Waals surface area contributed by atoms with Crippen molar-refractivity contribution in [3.05, 3.63) is 79.1 Å². The molecule has 6 rings (SSSR count). The van der Waals surface area contributed by atoms with Gasteiger partial charge in [0.25, 0.3) is 0 Å². The van der Waals surface area contributed by atoms with E-state index in [1.54, 1.807) is 30.9 Å². The van der Waals surface area contributed by atoms with Gasteiger partial charge in [0.1, 0.15) is 11.5 Å². The first-order chi connectivity index (χ1) is 18.5. The van der Waals surface area contributed by atoms with Crippen LogP contribution in [0.15, 0.2) is 73.3 Å². The van der Waals surface area contributed by atoms with Crippen LogP contribution < -0.4 is 5.32 Å². The van der Waals surface area contributed by atoms with Gasteiger partial charge in [-0.3, -0.25) is 19.9 Å². The zero-order valence-corrected chi connectivity index (χ0v) is 20.8. The van der Waals surface area contributed by atoms with Crippen molar-refractivity contribution in [1.29, 1.82) is 0 Å². The zero-order chi connectivity index (χ0) is 26.2. The minimum atomic E-state index is -0.320. The molecule has 6 aromatic rings. The number of aromatic amines is 2. The van der Waals surface area contributed by atoms with Gasteiger partial charge in [-0.05, 0) is 47.9 Å². The lowest BCUT2D eigenvalue weighted by Crippen LogP contribution is -2.19. The van der Waals surface area contributed by atoms with Gasteiger partial charge < -0.3 is 10.3 Å². The molecule has 0 saturated carbocycles. The third kappa shape index (κ3) is 4.28. The van der Waals surface area contributed by atoms with Crippen LogP contribution in [0.4, 0.5) is 10.1 Å². The first-order valence-electron chi connectivity index (χ1n) is 12.3. The normalized spacial score (nSPS) is 12.2. The second kappa shape index (κ2) is 9.51. The third-order valence-corrected chi connectivity index (χ3v) is 6.72. The zero-order valence-electron chi connectivity index (χ0n) is 20.8. The molecular weight excluding hydrogens is 481 g/mol. The molecule has 0 aliphatic carbocycles. The second-order valence-corrected chi connectivity index (χ2v) is 9.27. The molecule has 188 valence electrons. The molecule has 0 saturated heterocycles. The summed E-state index contributed by atoms with van der Waals surface area (Å²) in [5.41, 5.74) is 6.77. The number of aromatic nitrogens is 6. The van der Waals surface area contributed by atoms with Gasteiger partial charge in [0.05, 0.1) is 34.6 Å². The standard InChI is InChI=1S/C29H24FN7O/c1-3-16(2)29(38)33-21-10-19(12-31-13-21)17-7-8-24-22(11-17)27(37-36-24)28-34-25-15-32-14-23(26(25)35-28)18-5-4-6-20(30)9-18/h4-16H,3H2,1-2H3,(H,33,38)(H,34,35)(H,36,37). The van der Waals surface area contributed by atoms with Crippen molar-refractivity contribution >= 4 is 33.5 Å². The molecular formula is C29H24FN7O. The number of hydrogen-bond acceptors (Lipinski definition) is 5. The highest BCUT2D eigenvalue weighted by Gasteiger charge is 2.17. The van der Waals surface area contributed by atoms with E-state index in [0.29, 0.717) is 28.3 Å². The number of amides is 1. The molecule has 4 aromatic heterocycles. The molecule has 0 aliphatic heterocycles. The molecule has 9 heteroatoms. The van der Waals surface area contributed by atoms with E-state index >= 15 is 0 Å². The maximum atomic E-state index is 13.9. The highest BCUT2D eigenvalue weighted by Crippen LogP contribution is 2.33. The summed E-state index contributed by atoms with van der Waals surface area (Å²) in [5, 5.41) is 11.4. The highest BCUT2D eigenvalue weighted by molar-refractivity contribution is 5.98. The van der Waals surface area contributed by atoms with E-state index in [-0.39, 0.29) is 17.6 Å². The molecule has 0 radical (unpaired) electrons. The fraction of sp³-hybridized carbons (Fsp3) is 0.138. The number of anilines is 1. The number of rotatable bonds is 6.